The molecule has 2 aromatic rings. The molecule has 1 unspecified atom stereocenters. The summed E-state index contributed by atoms with van der Waals surface area (Å²) in [6, 6.07) is 13.2. The Labute approximate surface area is 105 Å². The van der Waals surface area contributed by atoms with Crippen molar-refractivity contribution in [1.29, 1.82) is 0 Å². The van der Waals surface area contributed by atoms with E-state index in [1.165, 1.54) is 0 Å². The molecule has 0 heterocycles. The topological polar surface area (TPSA) is 46.5 Å². The molecule has 0 radical (unpaired) electrons. The van der Waals surface area contributed by atoms with Crippen molar-refractivity contribution in [2.24, 2.45) is 0 Å². The van der Waals surface area contributed by atoms with Gasteiger partial charge >= 0.3 is 5.97 Å². The standard InChI is InChI=1S/C15H12O3/c1-2-9-18-14(15(16)17)13-8-7-11-5-3-4-6-12(11)10-13/h1,3-8,10,14H,9H2,(H,16,17). The van der Waals surface area contributed by atoms with Gasteiger partial charge in [0.15, 0.2) is 6.10 Å². The molecular weight excluding hydrogens is 228 g/mol. The van der Waals surface area contributed by atoms with Gasteiger partial charge in [0.05, 0.1) is 0 Å². The normalized spacial score (nSPS) is 11.9. The van der Waals surface area contributed by atoms with E-state index in [1.54, 1.807) is 6.07 Å². The van der Waals surface area contributed by atoms with Gasteiger partial charge in [-0.1, -0.05) is 42.3 Å². The number of rotatable bonds is 4. The number of hydrogen-bond acceptors (Lipinski definition) is 2. The molecular formula is C15H12O3. The summed E-state index contributed by atoms with van der Waals surface area (Å²) >= 11 is 0. The zero-order valence-corrected chi connectivity index (χ0v) is 9.67. The van der Waals surface area contributed by atoms with Crippen molar-refractivity contribution in [1.82, 2.24) is 0 Å². The lowest BCUT2D eigenvalue weighted by molar-refractivity contribution is -0.149. The van der Waals surface area contributed by atoms with Crippen LogP contribution in [0.1, 0.15) is 11.7 Å². The van der Waals surface area contributed by atoms with Gasteiger partial charge in [0, 0.05) is 0 Å². The molecule has 0 saturated heterocycles. The summed E-state index contributed by atoms with van der Waals surface area (Å²) in [6.07, 6.45) is 4.06. The zero-order valence-electron chi connectivity index (χ0n) is 9.67. The van der Waals surface area contributed by atoms with Crippen molar-refractivity contribution in [3.8, 4) is 12.3 Å². The van der Waals surface area contributed by atoms with Crippen LogP contribution in [0.5, 0.6) is 0 Å². The Hall–Kier alpha value is -2.31. The van der Waals surface area contributed by atoms with E-state index in [0.29, 0.717) is 5.56 Å². The number of carboxylic acid groups (broad SMARTS) is 1. The minimum atomic E-state index is -1.04. The van der Waals surface area contributed by atoms with E-state index in [9.17, 15) is 4.79 Å². The lowest BCUT2D eigenvalue weighted by atomic mass is 10.0. The Morgan fingerprint density at radius 1 is 1.28 bits per heavy atom. The van der Waals surface area contributed by atoms with Crippen LogP contribution in [0.4, 0.5) is 0 Å². The van der Waals surface area contributed by atoms with Crippen molar-refractivity contribution in [3.05, 3.63) is 48.0 Å². The molecule has 18 heavy (non-hydrogen) atoms. The molecule has 3 heteroatoms. The molecule has 0 fully saturated rings. The molecule has 0 aliphatic heterocycles. The number of hydrogen-bond donors (Lipinski definition) is 1. The van der Waals surface area contributed by atoms with E-state index < -0.39 is 12.1 Å². The second-order valence-electron chi connectivity index (χ2n) is 3.84. The van der Waals surface area contributed by atoms with Gasteiger partial charge in [-0.2, -0.15) is 0 Å². The predicted octanol–water partition coefficient (Wildman–Crippen LogP) is 2.62. The number of fused-ring (bicyclic) bond motifs is 1. The number of ether oxygens (including phenoxy) is 1. The number of carbonyl (C=O) groups is 1. The van der Waals surface area contributed by atoms with Crippen LogP contribution in [-0.4, -0.2) is 17.7 Å². The van der Waals surface area contributed by atoms with Gasteiger partial charge in [-0.3, -0.25) is 0 Å². The average molecular weight is 240 g/mol. The number of carboxylic acids is 1. The molecule has 2 rings (SSSR count). The number of terminal acetylenes is 1. The molecule has 1 atom stereocenters. The van der Waals surface area contributed by atoms with Gasteiger partial charge < -0.3 is 9.84 Å². The Kier molecular flexibility index (Phi) is 3.61. The van der Waals surface area contributed by atoms with Crippen molar-refractivity contribution >= 4 is 16.7 Å². The van der Waals surface area contributed by atoms with Gasteiger partial charge in [0.25, 0.3) is 0 Å². The first kappa shape index (κ1) is 12.2. The summed E-state index contributed by atoms with van der Waals surface area (Å²) in [5, 5.41) is 11.2. The fourth-order valence-corrected chi connectivity index (χ4v) is 1.81. The Morgan fingerprint density at radius 3 is 2.67 bits per heavy atom. The van der Waals surface area contributed by atoms with Gasteiger partial charge in [0.2, 0.25) is 0 Å². The first-order valence-corrected chi connectivity index (χ1v) is 5.49. The molecule has 0 spiro atoms. The highest BCUT2D eigenvalue weighted by Gasteiger charge is 2.20. The summed E-state index contributed by atoms with van der Waals surface area (Å²) in [5.41, 5.74) is 0.594. The van der Waals surface area contributed by atoms with E-state index in [0.717, 1.165) is 10.8 Å². The fourth-order valence-electron chi connectivity index (χ4n) is 1.81. The van der Waals surface area contributed by atoms with Crippen molar-refractivity contribution in [2.75, 3.05) is 6.61 Å². The maximum atomic E-state index is 11.1. The van der Waals surface area contributed by atoms with Crippen LogP contribution in [0.3, 0.4) is 0 Å². The van der Waals surface area contributed by atoms with Crippen LogP contribution in [0.2, 0.25) is 0 Å². The third kappa shape index (κ3) is 2.50. The molecule has 3 nitrogen and oxygen atoms in total. The summed E-state index contributed by atoms with van der Waals surface area (Å²) in [4.78, 5) is 11.1. The second kappa shape index (κ2) is 5.35. The second-order valence-corrected chi connectivity index (χ2v) is 3.84. The average Bonchev–Trinajstić information content (AvgIpc) is 2.38. The summed E-state index contributed by atoms with van der Waals surface area (Å²) in [6.45, 7) is -0.0240. The van der Waals surface area contributed by atoms with Crippen LogP contribution in [0.15, 0.2) is 42.5 Å². The van der Waals surface area contributed by atoms with Gasteiger partial charge in [-0.05, 0) is 22.4 Å². The fraction of sp³-hybridized carbons (Fsp3) is 0.133. The monoisotopic (exact) mass is 240 g/mol. The molecule has 90 valence electrons. The molecule has 0 aliphatic carbocycles. The van der Waals surface area contributed by atoms with Gasteiger partial charge in [0.1, 0.15) is 6.61 Å². The highest BCUT2D eigenvalue weighted by Crippen LogP contribution is 2.23. The van der Waals surface area contributed by atoms with Crippen molar-refractivity contribution in [3.63, 3.8) is 0 Å². The summed E-state index contributed by atoms with van der Waals surface area (Å²) < 4.78 is 5.15. The summed E-state index contributed by atoms with van der Waals surface area (Å²) in [7, 11) is 0. The number of aliphatic carboxylic acids is 1. The third-order valence-corrected chi connectivity index (χ3v) is 2.63. The zero-order chi connectivity index (χ0) is 13.0. The highest BCUT2D eigenvalue weighted by atomic mass is 16.5. The maximum absolute atomic E-state index is 11.1. The van der Waals surface area contributed by atoms with E-state index in [-0.39, 0.29) is 6.61 Å². The molecule has 0 bridgehead atoms. The Morgan fingerprint density at radius 2 is 2.00 bits per heavy atom. The minimum Gasteiger partial charge on any atom is -0.479 e. The third-order valence-electron chi connectivity index (χ3n) is 2.63. The van der Waals surface area contributed by atoms with Gasteiger partial charge in [-0.15, -0.1) is 6.42 Å². The first-order valence-electron chi connectivity index (χ1n) is 5.49. The molecule has 1 N–H and O–H groups in total. The lowest BCUT2D eigenvalue weighted by Crippen LogP contribution is -2.15. The molecule has 0 saturated carbocycles. The largest absolute Gasteiger partial charge is 0.479 e. The Bertz CT molecular complexity index is 610. The predicted molar refractivity (Wildman–Crippen MR) is 69.1 cm³/mol. The minimum absolute atomic E-state index is 0.0240. The van der Waals surface area contributed by atoms with Crippen LogP contribution in [0, 0.1) is 12.3 Å². The van der Waals surface area contributed by atoms with E-state index in [1.807, 2.05) is 36.4 Å². The lowest BCUT2D eigenvalue weighted by Gasteiger charge is -2.12. The quantitative estimate of drug-likeness (QED) is 0.835. The van der Waals surface area contributed by atoms with Crippen LogP contribution >= 0.6 is 0 Å². The van der Waals surface area contributed by atoms with Crippen LogP contribution in [0.25, 0.3) is 10.8 Å². The van der Waals surface area contributed by atoms with E-state index in [2.05, 4.69) is 5.92 Å². The number of benzene rings is 2. The molecule has 0 amide bonds. The van der Waals surface area contributed by atoms with E-state index >= 15 is 0 Å². The van der Waals surface area contributed by atoms with Crippen molar-refractivity contribution < 1.29 is 14.6 Å². The summed E-state index contributed by atoms with van der Waals surface area (Å²) in [5.74, 6) is 1.23. The van der Waals surface area contributed by atoms with Gasteiger partial charge in [-0.25, -0.2) is 4.79 Å². The molecule has 2 aromatic carbocycles. The molecule has 0 aliphatic rings. The highest BCUT2D eigenvalue weighted by molar-refractivity contribution is 5.85. The maximum Gasteiger partial charge on any atom is 0.337 e. The van der Waals surface area contributed by atoms with Crippen LogP contribution in [-0.2, 0) is 9.53 Å². The van der Waals surface area contributed by atoms with E-state index in [4.69, 9.17) is 16.3 Å². The van der Waals surface area contributed by atoms with Crippen LogP contribution < -0.4 is 0 Å². The van der Waals surface area contributed by atoms with Crippen molar-refractivity contribution in [2.45, 2.75) is 6.10 Å². The Balaban J connectivity index is 2.38. The smallest absolute Gasteiger partial charge is 0.337 e. The SMILES string of the molecule is C#CCOC(C(=O)O)c1ccc2ccccc2c1. The molecule has 0 aromatic heterocycles. The first-order chi connectivity index (χ1) is 8.72.